The number of nitrogens with one attached hydrogen (secondary N) is 1. The number of halogens is 3. The number of nitrogens with zero attached hydrogens (tertiary/aromatic N) is 2. The molecule has 2 atom stereocenters. The minimum absolute atomic E-state index is 0.00637. The highest BCUT2D eigenvalue weighted by molar-refractivity contribution is 5.92. The van der Waals surface area contributed by atoms with Crippen molar-refractivity contribution in [2.45, 2.75) is 77.2 Å². The van der Waals surface area contributed by atoms with Gasteiger partial charge in [0.1, 0.15) is 29.7 Å². The summed E-state index contributed by atoms with van der Waals surface area (Å²) in [6, 6.07) is 6.47. The Bertz CT molecular complexity index is 1310. The van der Waals surface area contributed by atoms with Gasteiger partial charge >= 0.3 is 5.92 Å². The largest absolute Gasteiger partial charge is 0.493 e. The number of hydrogen-bond donors (Lipinski definition) is 2. The van der Waals surface area contributed by atoms with E-state index in [1.165, 1.54) is 19.2 Å². The molecule has 1 aliphatic rings. The van der Waals surface area contributed by atoms with Gasteiger partial charge in [-0.05, 0) is 59.6 Å². The fraction of sp³-hybridized carbons (Fsp3) is 0.500. The molecule has 1 saturated carbocycles. The van der Waals surface area contributed by atoms with Crippen LogP contribution < -0.4 is 14.8 Å². The maximum absolute atomic E-state index is 15.4. The highest BCUT2D eigenvalue weighted by Gasteiger charge is 2.49. The fourth-order valence-electron chi connectivity index (χ4n) is 4.15. The van der Waals surface area contributed by atoms with Crippen LogP contribution in [0.25, 0.3) is 10.9 Å². The summed E-state index contributed by atoms with van der Waals surface area (Å²) >= 11 is 0. The molecular weight excluding hydrogens is 499 g/mol. The summed E-state index contributed by atoms with van der Waals surface area (Å²) in [5.74, 6) is -3.10. The monoisotopic (exact) mass is 533 g/mol. The van der Waals surface area contributed by atoms with Crippen LogP contribution in [-0.4, -0.2) is 46.6 Å². The Morgan fingerprint density at radius 3 is 2.47 bits per heavy atom. The maximum Gasteiger partial charge on any atom is 0.303 e. The van der Waals surface area contributed by atoms with Gasteiger partial charge in [-0.1, -0.05) is 12.1 Å². The van der Waals surface area contributed by atoms with Gasteiger partial charge in [-0.2, -0.15) is 8.78 Å². The topological polar surface area (TPSA) is 85.7 Å². The van der Waals surface area contributed by atoms with E-state index in [0.717, 1.165) is 32.8 Å². The zero-order valence-corrected chi connectivity index (χ0v) is 22.4. The van der Waals surface area contributed by atoms with Gasteiger partial charge in [0.15, 0.2) is 11.5 Å². The van der Waals surface area contributed by atoms with Gasteiger partial charge in [0.2, 0.25) is 0 Å². The summed E-state index contributed by atoms with van der Waals surface area (Å²) in [6.45, 7) is 7.52. The van der Waals surface area contributed by atoms with Gasteiger partial charge in [-0.15, -0.1) is 0 Å². The number of aryl methyl sites for hydroxylation is 1. The van der Waals surface area contributed by atoms with Crippen molar-refractivity contribution in [3.8, 4) is 11.5 Å². The molecule has 0 aliphatic heterocycles. The highest BCUT2D eigenvalue weighted by Crippen LogP contribution is 2.42. The lowest BCUT2D eigenvalue weighted by atomic mass is 9.91. The zero-order chi connectivity index (χ0) is 27.8. The molecule has 7 nitrogen and oxygen atoms in total. The predicted octanol–water partition coefficient (Wildman–Crippen LogP) is 6.07. The van der Waals surface area contributed by atoms with Crippen molar-refractivity contribution in [3.05, 3.63) is 53.1 Å². The smallest absolute Gasteiger partial charge is 0.303 e. The van der Waals surface area contributed by atoms with Gasteiger partial charge in [0, 0.05) is 17.0 Å². The Morgan fingerprint density at radius 1 is 1.13 bits per heavy atom. The fourth-order valence-corrected chi connectivity index (χ4v) is 4.15. The van der Waals surface area contributed by atoms with Crippen molar-refractivity contribution in [3.63, 3.8) is 0 Å². The predicted molar refractivity (Wildman–Crippen MR) is 139 cm³/mol. The summed E-state index contributed by atoms with van der Waals surface area (Å²) in [5, 5.41) is 13.7. The Labute approximate surface area is 220 Å². The second kappa shape index (κ2) is 10.6. The number of aliphatic hydroxyl groups is 1. The first kappa shape index (κ1) is 27.9. The summed E-state index contributed by atoms with van der Waals surface area (Å²) in [4.78, 5) is 8.98. The van der Waals surface area contributed by atoms with E-state index in [1.54, 1.807) is 26.0 Å². The van der Waals surface area contributed by atoms with E-state index in [-0.39, 0.29) is 11.7 Å². The van der Waals surface area contributed by atoms with Crippen LogP contribution in [0.3, 0.4) is 0 Å². The van der Waals surface area contributed by atoms with E-state index in [4.69, 9.17) is 14.2 Å². The first-order valence-corrected chi connectivity index (χ1v) is 12.6. The van der Waals surface area contributed by atoms with Crippen molar-refractivity contribution < 1.29 is 32.5 Å². The van der Waals surface area contributed by atoms with Crippen LogP contribution in [0.2, 0.25) is 0 Å². The number of fused-ring (bicyclic) bond motifs is 1. The Hall–Kier alpha value is -3.11. The number of hydrogen-bond acceptors (Lipinski definition) is 7. The Kier molecular flexibility index (Phi) is 7.76. The van der Waals surface area contributed by atoms with Crippen molar-refractivity contribution in [2.24, 2.45) is 0 Å². The van der Waals surface area contributed by atoms with Crippen molar-refractivity contribution in [1.29, 1.82) is 0 Å². The third-order valence-electron chi connectivity index (χ3n) is 6.47. The van der Waals surface area contributed by atoms with Crippen molar-refractivity contribution in [1.82, 2.24) is 9.97 Å². The SMILES string of the molecule is COc1cc2nc(C)nc(N[C@H](C)c3cccc(C(F)(F)C(C)(C)O)c3F)c2cc1OC[C@@H](C)OC1CC1. The number of alkyl halides is 2. The number of benzene rings is 2. The molecule has 0 amide bonds. The molecule has 206 valence electrons. The van der Waals surface area contributed by atoms with E-state index >= 15 is 4.39 Å². The molecule has 0 radical (unpaired) electrons. The summed E-state index contributed by atoms with van der Waals surface area (Å²) < 4.78 is 62.3. The lowest BCUT2D eigenvalue weighted by Crippen LogP contribution is -2.41. The number of rotatable bonds is 11. The third kappa shape index (κ3) is 5.81. The zero-order valence-electron chi connectivity index (χ0n) is 22.4. The summed E-state index contributed by atoms with van der Waals surface area (Å²) in [5.41, 5.74) is -2.74. The molecule has 38 heavy (non-hydrogen) atoms. The Morgan fingerprint density at radius 2 is 1.84 bits per heavy atom. The molecule has 1 aromatic heterocycles. The minimum Gasteiger partial charge on any atom is -0.493 e. The number of anilines is 1. The average Bonchev–Trinajstić information content (AvgIpc) is 3.65. The summed E-state index contributed by atoms with van der Waals surface area (Å²) in [7, 11) is 1.53. The molecule has 1 aliphatic carbocycles. The molecule has 2 N–H and O–H groups in total. The standard InChI is InChI=1S/C28H34F3N3O4/c1-15(38-18-10-11-18)14-37-24-12-20-22(13-23(24)36-6)33-17(3)34-26(20)32-16(2)19-8-7-9-21(25(19)29)28(30,31)27(4,5)35/h7-9,12-13,15-16,18,35H,10-11,14H2,1-6H3,(H,32,33,34)/t15-,16-/m1/s1. The van der Waals surface area contributed by atoms with Gasteiger partial charge < -0.3 is 24.6 Å². The molecule has 0 saturated heterocycles. The van der Waals surface area contributed by atoms with E-state index in [2.05, 4.69) is 15.3 Å². The quantitative estimate of drug-likeness (QED) is 0.310. The Balaban J connectivity index is 1.66. The second-order valence-electron chi connectivity index (χ2n) is 10.3. The van der Waals surface area contributed by atoms with Crippen LogP contribution in [0.15, 0.2) is 30.3 Å². The van der Waals surface area contributed by atoms with Gasteiger partial charge in [-0.3, -0.25) is 0 Å². The van der Waals surface area contributed by atoms with E-state index in [1.807, 2.05) is 6.92 Å². The van der Waals surface area contributed by atoms with E-state index < -0.39 is 28.9 Å². The van der Waals surface area contributed by atoms with Crippen LogP contribution in [0.4, 0.5) is 19.0 Å². The highest BCUT2D eigenvalue weighted by atomic mass is 19.3. The summed E-state index contributed by atoms with van der Waals surface area (Å²) in [6.07, 6.45) is 2.31. The van der Waals surface area contributed by atoms with Gasteiger partial charge in [0.05, 0.1) is 36.4 Å². The second-order valence-corrected chi connectivity index (χ2v) is 10.3. The van der Waals surface area contributed by atoms with E-state index in [9.17, 15) is 13.9 Å². The molecule has 2 aromatic carbocycles. The lowest BCUT2D eigenvalue weighted by Gasteiger charge is -2.30. The molecule has 3 aromatic rings. The van der Waals surface area contributed by atoms with Crippen molar-refractivity contribution >= 4 is 16.7 Å². The van der Waals surface area contributed by atoms with E-state index in [0.29, 0.717) is 46.8 Å². The minimum atomic E-state index is -3.80. The first-order valence-electron chi connectivity index (χ1n) is 12.6. The van der Waals surface area contributed by atoms with Crippen LogP contribution in [0.5, 0.6) is 11.5 Å². The molecule has 0 unspecified atom stereocenters. The number of aromatic nitrogens is 2. The van der Waals surface area contributed by atoms with Crippen LogP contribution in [0.1, 0.15) is 63.5 Å². The van der Waals surface area contributed by atoms with Crippen LogP contribution in [0, 0.1) is 12.7 Å². The maximum atomic E-state index is 15.4. The van der Waals surface area contributed by atoms with Gasteiger partial charge in [0.25, 0.3) is 0 Å². The first-order chi connectivity index (χ1) is 17.8. The molecule has 0 bridgehead atoms. The third-order valence-corrected chi connectivity index (χ3v) is 6.47. The van der Waals surface area contributed by atoms with Crippen LogP contribution in [-0.2, 0) is 10.7 Å². The molecule has 10 heteroatoms. The lowest BCUT2D eigenvalue weighted by molar-refractivity contribution is -0.170. The van der Waals surface area contributed by atoms with Crippen LogP contribution >= 0.6 is 0 Å². The molecule has 1 fully saturated rings. The normalized spacial score (nSPS) is 15.8. The number of methoxy groups -OCH3 is 1. The molecule has 0 spiro atoms. The molecule has 1 heterocycles. The average molecular weight is 534 g/mol. The molecular formula is C28H34F3N3O4. The van der Waals surface area contributed by atoms with Gasteiger partial charge in [-0.25, -0.2) is 14.4 Å². The number of ether oxygens (including phenoxy) is 3. The molecule has 4 rings (SSSR count). The van der Waals surface area contributed by atoms with Crippen molar-refractivity contribution in [2.75, 3.05) is 19.0 Å².